The summed E-state index contributed by atoms with van der Waals surface area (Å²) < 4.78 is 5.69. The topological polar surface area (TPSA) is 109 Å². The number of nitrogens with zero attached hydrogens (tertiary/aromatic N) is 4. The molecule has 1 fully saturated rings. The first-order valence-electron chi connectivity index (χ1n) is 12.4. The zero-order valence-electron chi connectivity index (χ0n) is 20.1. The second kappa shape index (κ2) is 9.85. The number of anilines is 2. The number of amides is 2. The lowest BCUT2D eigenvalue weighted by Crippen LogP contribution is -2.27. The summed E-state index contributed by atoms with van der Waals surface area (Å²) in [6.07, 6.45) is 12.0. The Hall–Kier alpha value is -4.53. The van der Waals surface area contributed by atoms with Crippen LogP contribution in [0.3, 0.4) is 0 Å². The first-order chi connectivity index (χ1) is 18.1. The molecule has 2 aliphatic heterocycles. The number of carbonyl (C=O) groups is 2. The predicted octanol–water partition coefficient (Wildman–Crippen LogP) is 3.99. The van der Waals surface area contributed by atoms with Gasteiger partial charge in [0.2, 0.25) is 11.8 Å². The molecule has 0 saturated carbocycles. The van der Waals surface area contributed by atoms with Gasteiger partial charge in [0, 0.05) is 50.7 Å². The fourth-order valence-electron chi connectivity index (χ4n) is 5.07. The van der Waals surface area contributed by atoms with E-state index in [1.165, 1.54) is 11.1 Å². The summed E-state index contributed by atoms with van der Waals surface area (Å²) in [4.78, 5) is 39.0. The summed E-state index contributed by atoms with van der Waals surface area (Å²) in [5.41, 5.74) is 4.06. The van der Waals surface area contributed by atoms with Gasteiger partial charge in [-0.1, -0.05) is 18.2 Å². The molecule has 3 aliphatic rings. The summed E-state index contributed by atoms with van der Waals surface area (Å²) in [5, 5.41) is 5.98. The molecule has 9 nitrogen and oxygen atoms in total. The Labute approximate surface area is 214 Å². The maximum atomic E-state index is 12.9. The first kappa shape index (κ1) is 22.9. The quantitative estimate of drug-likeness (QED) is 0.516. The van der Waals surface area contributed by atoms with E-state index in [0.717, 1.165) is 30.8 Å². The normalized spacial score (nSPS) is 20.5. The van der Waals surface area contributed by atoms with E-state index < -0.39 is 0 Å². The van der Waals surface area contributed by atoms with Crippen LogP contribution >= 0.6 is 0 Å². The third-order valence-corrected chi connectivity index (χ3v) is 6.93. The SMILES string of the molecule is O=C1CCNc2cc(/C=C/C(=O)N3CC4C=C(c5ccc(Oc6ncccn6)cc5)CC4C3)cnc2N1. The molecule has 4 heterocycles. The summed E-state index contributed by atoms with van der Waals surface area (Å²) in [6.45, 7) is 2.02. The van der Waals surface area contributed by atoms with E-state index in [1.54, 1.807) is 36.8 Å². The fraction of sp³-hybridized carbons (Fsp3) is 0.250. The molecular weight excluding hydrogens is 468 g/mol. The van der Waals surface area contributed by atoms with Gasteiger partial charge in [0.25, 0.3) is 0 Å². The molecule has 2 unspecified atom stereocenters. The van der Waals surface area contributed by atoms with Crippen molar-refractivity contribution in [2.24, 2.45) is 11.8 Å². The molecule has 9 heteroatoms. The van der Waals surface area contributed by atoms with Crippen LogP contribution in [0.4, 0.5) is 11.5 Å². The summed E-state index contributed by atoms with van der Waals surface area (Å²) in [7, 11) is 0. The van der Waals surface area contributed by atoms with Gasteiger partial charge >= 0.3 is 6.01 Å². The number of nitrogens with one attached hydrogen (secondary N) is 2. The fourth-order valence-corrected chi connectivity index (χ4v) is 5.07. The van der Waals surface area contributed by atoms with Gasteiger partial charge in [0.1, 0.15) is 5.75 Å². The highest BCUT2D eigenvalue weighted by molar-refractivity contribution is 5.95. The summed E-state index contributed by atoms with van der Waals surface area (Å²) >= 11 is 0. The molecular formula is C28H26N6O3. The van der Waals surface area contributed by atoms with Crippen molar-refractivity contribution in [1.82, 2.24) is 19.9 Å². The maximum absolute atomic E-state index is 12.9. The van der Waals surface area contributed by atoms with E-state index in [9.17, 15) is 9.59 Å². The standard InChI is InChI=1S/C28H26N6O3/c35-25-8-11-29-24-12-18(15-32-27(24)33-25)2-7-26(36)34-16-21-13-20(14-22(21)17-34)19-3-5-23(6-4-19)37-28-30-9-1-10-31-28/h1-7,9-10,12-13,15,21-22,29H,8,11,14,16-17H2,(H,32,33,35)/b7-2+. The number of pyridine rings is 1. The van der Waals surface area contributed by atoms with E-state index in [2.05, 4.69) is 43.8 Å². The van der Waals surface area contributed by atoms with Crippen LogP contribution in [0.25, 0.3) is 11.6 Å². The number of likely N-dealkylation sites (tertiary alicyclic amines) is 1. The van der Waals surface area contributed by atoms with Crippen molar-refractivity contribution in [3.8, 4) is 11.8 Å². The monoisotopic (exact) mass is 494 g/mol. The minimum Gasteiger partial charge on any atom is -0.424 e. The van der Waals surface area contributed by atoms with Crippen molar-refractivity contribution >= 4 is 35.0 Å². The number of ether oxygens (including phenoxy) is 1. The predicted molar refractivity (Wildman–Crippen MR) is 140 cm³/mol. The highest BCUT2D eigenvalue weighted by Gasteiger charge is 2.37. The van der Waals surface area contributed by atoms with E-state index in [0.29, 0.717) is 42.4 Å². The lowest BCUT2D eigenvalue weighted by molar-refractivity contribution is -0.125. The average molecular weight is 495 g/mol. The van der Waals surface area contributed by atoms with Crippen molar-refractivity contribution in [1.29, 1.82) is 0 Å². The number of hydrogen-bond acceptors (Lipinski definition) is 7. The first-order valence-corrected chi connectivity index (χ1v) is 12.4. The van der Waals surface area contributed by atoms with Crippen LogP contribution < -0.4 is 15.4 Å². The molecule has 0 bridgehead atoms. The van der Waals surface area contributed by atoms with E-state index in [1.807, 2.05) is 23.1 Å². The number of benzene rings is 1. The van der Waals surface area contributed by atoms with Crippen molar-refractivity contribution in [3.05, 3.63) is 78.3 Å². The Bertz CT molecular complexity index is 1390. The smallest absolute Gasteiger partial charge is 0.321 e. The molecule has 3 aromatic rings. The number of rotatable bonds is 5. The lowest BCUT2D eigenvalue weighted by Gasteiger charge is -2.15. The van der Waals surface area contributed by atoms with Crippen LogP contribution in [0.2, 0.25) is 0 Å². The molecule has 37 heavy (non-hydrogen) atoms. The van der Waals surface area contributed by atoms with Gasteiger partial charge < -0.3 is 20.3 Å². The molecule has 2 amide bonds. The molecule has 1 aromatic carbocycles. The Morgan fingerprint density at radius 3 is 2.76 bits per heavy atom. The zero-order chi connectivity index (χ0) is 25.2. The van der Waals surface area contributed by atoms with Crippen molar-refractivity contribution < 1.29 is 14.3 Å². The zero-order valence-corrected chi connectivity index (χ0v) is 20.1. The largest absolute Gasteiger partial charge is 0.424 e. The molecule has 1 aliphatic carbocycles. The van der Waals surface area contributed by atoms with Crippen molar-refractivity contribution in [3.63, 3.8) is 0 Å². The third kappa shape index (κ3) is 5.06. The van der Waals surface area contributed by atoms with Gasteiger partial charge in [-0.05, 0) is 65.3 Å². The average Bonchev–Trinajstić information content (AvgIpc) is 3.43. The van der Waals surface area contributed by atoms with Gasteiger partial charge in [-0.2, -0.15) is 0 Å². The molecule has 186 valence electrons. The van der Waals surface area contributed by atoms with Crippen LogP contribution in [-0.2, 0) is 9.59 Å². The number of aromatic nitrogens is 3. The Balaban J connectivity index is 1.06. The highest BCUT2D eigenvalue weighted by atomic mass is 16.5. The Morgan fingerprint density at radius 2 is 1.95 bits per heavy atom. The van der Waals surface area contributed by atoms with Gasteiger partial charge in [0.15, 0.2) is 5.82 Å². The highest BCUT2D eigenvalue weighted by Crippen LogP contribution is 2.41. The number of hydrogen-bond donors (Lipinski definition) is 2. The van der Waals surface area contributed by atoms with Gasteiger partial charge in [0.05, 0.1) is 5.69 Å². The van der Waals surface area contributed by atoms with Gasteiger partial charge in [-0.3, -0.25) is 9.59 Å². The second-order valence-corrected chi connectivity index (χ2v) is 9.44. The van der Waals surface area contributed by atoms with Crippen molar-refractivity contribution in [2.75, 3.05) is 30.3 Å². The van der Waals surface area contributed by atoms with E-state index in [4.69, 9.17) is 4.74 Å². The van der Waals surface area contributed by atoms with E-state index in [-0.39, 0.29) is 11.8 Å². The number of carbonyl (C=O) groups excluding carboxylic acids is 2. The number of fused-ring (bicyclic) bond motifs is 2. The van der Waals surface area contributed by atoms with Crippen LogP contribution in [-0.4, -0.2) is 51.3 Å². The van der Waals surface area contributed by atoms with Gasteiger partial charge in [-0.15, -0.1) is 0 Å². The van der Waals surface area contributed by atoms with E-state index >= 15 is 0 Å². The lowest BCUT2D eigenvalue weighted by atomic mass is 9.98. The summed E-state index contributed by atoms with van der Waals surface area (Å²) in [6, 6.07) is 12.0. The van der Waals surface area contributed by atoms with Crippen molar-refractivity contribution in [2.45, 2.75) is 12.8 Å². The van der Waals surface area contributed by atoms with Crippen LogP contribution in [0.15, 0.2) is 67.1 Å². The summed E-state index contributed by atoms with van der Waals surface area (Å²) in [5.74, 6) is 1.96. The second-order valence-electron chi connectivity index (χ2n) is 9.44. The molecule has 6 rings (SSSR count). The molecule has 0 radical (unpaired) electrons. The molecule has 1 saturated heterocycles. The molecule has 0 spiro atoms. The molecule has 2 N–H and O–H groups in total. The molecule has 2 atom stereocenters. The maximum Gasteiger partial charge on any atom is 0.321 e. The molecule has 2 aromatic heterocycles. The number of allylic oxidation sites excluding steroid dienone is 1. The van der Waals surface area contributed by atoms with Crippen LogP contribution in [0, 0.1) is 11.8 Å². The van der Waals surface area contributed by atoms with Crippen LogP contribution in [0.1, 0.15) is 24.0 Å². The minimum absolute atomic E-state index is 0.00480. The Kier molecular flexibility index (Phi) is 6.10. The minimum atomic E-state index is -0.0572. The Morgan fingerprint density at radius 1 is 1.11 bits per heavy atom. The van der Waals surface area contributed by atoms with Crippen LogP contribution in [0.5, 0.6) is 11.8 Å². The van der Waals surface area contributed by atoms with Gasteiger partial charge in [-0.25, -0.2) is 15.0 Å². The third-order valence-electron chi connectivity index (χ3n) is 6.93.